The lowest BCUT2D eigenvalue weighted by atomic mass is 10.1. The number of carbonyl (C=O) groups excluding carboxylic acids is 1. The van der Waals surface area contributed by atoms with Gasteiger partial charge in [-0.2, -0.15) is 15.4 Å². The van der Waals surface area contributed by atoms with Crippen LogP contribution < -0.4 is 5.32 Å². The third-order valence-corrected chi connectivity index (χ3v) is 6.23. The highest BCUT2D eigenvalue weighted by Gasteiger charge is 2.28. The van der Waals surface area contributed by atoms with E-state index in [1.54, 1.807) is 18.6 Å². The molecule has 2 aromatic heterocycles. The lowest BCUT2D eigenvalue weighted by Gasteiger charge is -2.16. The SMILES string of the molecule is O=C(CCc1cnc(NC2Cc3cc(F)c(F)cc3C2)nc1)N1CCC(c2cn[nH]n2)C1. The van der Waals surface area contributed by atoms with Crippen molar-refractivity contribution in [1.82, 2.24) is 30.3 Å². The lowest BCUT2D eigenvalue weighted by Crippen LogP contribution is -2.28. The maximum atomic E-state index is 13.4. The standard InChI is InChI=1S/C22H23F2N7O/c23-18-7-15-5-17(6-16(15)8-19(18)24)28-22-25-9-13(10-26-22)1-2-21(32)31-4-3-14(12-31)20-11-27-30-29-20/h7-11,14,17H,1-6,12H2,(H,25,26,28)(H,27,29,30). The molecule has 10 heteroatoms. The third kappa shape index (κ3) is 4.30. The van der Waals surface area contributed by atoms with E-state index in [9.17, 15) is 13.6 Å². The number of hydrogen-bond acceptors (Lipinski definition) is 6. The van der Waals surface area contributed by atoms with Gasteiger partial charge in [0.1, 0.15) is 0 Å². The first kappa shape index (κ1) is 20.5. The first-order chi connectivity index (χ1) is 15.5. The largest absolute Gasteiger partial charge is 0.351 e. The second-order valence-corrected chi connectivity index (χ2v) is 8.42. The van der Waals surface area contributed by atoms with Gasteiger partial charge in [0.2, 0.25) is 11.9 Å². The number of nitrogens with one attached hydrogen (secondary N) is 2. The monoisotopic (exact) mass is 439 g/mol. The van der Waals surface area contributed by atoms with Crippen molar-refractivity contribution in [3.8, 4) is 0 Å². The molecule has 1 aromatic carbocycles. The number of benzene rings is 1. The number of aromatic amines is 1. The Bertz CT molecular complexity index is 1070. The number of amides is 1. The predicted octanol–water partition coefficient (Wildman–Crippen LogP) is 2.40. The van der Waals surface area contributed by atoms with Crippen molar-refractivity contribution in [3.63, 3.8) is 0 Å². The average Bonchev–Trinajstić information content (AvgIpc) is 3.54. The molecule has 166 valence electrons. The Morgan fingerprint density at radius 2 is 1.84 bits per heavy atom. The van der Waals surface area contributed by atoms with E-state index in [0.29, 0.717) is 38.2 Å². The van der Waals surface area contributed by atoms with Crippen molar-refractivity contribution in [2.24, 2.45) is 0 Å². The van der Waals surface area contributed by atoms with Crippen LogP contribution in [-0.4, -0.2) is 55.3 Å². The highest BCUT2D eigenvalue weighted by Crippen LogP contribution is 2.27. The number of aromatic nitrogens is 5. The van der Waals surface area contributed by atoms with Gasteiger partial charge < -0.3 is 10.2 Å². The number of hydrogen-bond donors (Lipinski definition) is 2. The van der Waals surface area contributed by atoms with E-state index in [1.807, 2.05) is 4.90 Å². The van der Waals surface area contributed by atoms with Crippen molar-refractivity contribution >= 4 is 11.9 Å². The van der Waals surface area contributed by atoms with Crippen LogP contribution in [0.4, 0.5) is 14.7 Å². The molecule has 3 heterocycles. The Hall–Kier alpha value is -3.43. The molecule has 1 aliphatic carbocycles. The van der Waals surface area contributed by atoms with E-state index < -0.39 is 11.6 Å². The van der Waals surface area contributed by atoms with E-state index in [1.165, 1.54) is 12.1 Å². The van der Waals surface area contributed by atoms with Crippen LogP contribution in [0.15, 0.2) is 30.7 Å². The van der Waals surface area contributed by atoms with E-state index in [4.69, 9.17) is 0 Å². The molecule has 2 aliphatic rings. The number of anilines is 1. The summed E-state index contributed by atoms with van der Waals surface area (Å²) in [4.78, 5) is 23.1. The maximum Gasteiger partial charge on any atom is 0.222 e. The average molecular weight is 439 g/mol. The summed E-state index contributed by atoms with van der Waals surface area (Å²) >= 11 is 0. The number of rotatable bonds is 6. The van der Waals surface area contributed by atoms with Crippen LogP contribution in [0.3, 0.4) is 0 Å². The van der Waals surface area contributed by atoms with Gasteiger partial charge in [-0.15, -0.1) is 0 Å². The minimum Gasteiger partial charge on any atom is -0.351 e. The van der Waals surface area contributed by atoms with Crippen LogP contribution >= 0.6 is 0 Å². The van der Waals surface area contributed by atoms with Gasteiger partial charge in [0.05, 0.1) is 11.9 Å². The number of aryl methyl sites for hydroxylation is 1. The van der Waals surface area contributed by atoms with Crippen LogP contribution in [0.25, 0.3) is 0 Å². The summed E-state index contributed by atoms with van der Waals surface area (Å²) in [5.74, 6) is -0.819. The molecule has 0 bridgehead atoms. The molecule has 1 aliphatic heterocycles. The second kappa shape index (κ2) is 8.60. The number of likely N-dealkylation sites (tertiary alicyclic amines) is 1. The summed E-state index contributed by atoms with van der Waals surface area (Å²) in [7, 11) is 0. The van der Waals surface area contributed by atoms with Gasteiger partial charge in [0, 0.05) is 43.9 Å². The van der Waals surface area contributed by atoms with Crippen molar-refractivity contribution in [3.05, 3.63) is 64.7 Å². The molecule has 1 unspecified atom stereocenters. The van der Waals surface area contributed by atoms with Crippen LogP contribution in [-0.2, 0) is 24.1 Å². The molecule has 8 nitrogen and oxygen atoms in total. The number of carbonyl (C=O) groups is 1. The highest BCUT2D eigenvalue weighted by molar-refractivity contribution is 5.76. The second-order valence-electron chi connectivity index (χ2n) is 8.42. The Morgan fingerprint density at radius 3 is 2.50 bits per heavy atom. The number of H-pyrrole nitrogens is 1. The predicted molar refractivity (Wildman–Crippen MR) is 112 cm³/mol. The third-order valence-electron chi connectivity index (χ3n) is 6.23. The topological polar surface area (TPSA) is 99.7 Å². The fourth-order valence-corrected chi connectivity index (χ4v) is 4.50. The molecule has 0 spiro atoms. The van der Waals surface area contributed by atoms with Crippen molar-refractivity contribution in [2.75, 3.05) is 18.4 Å². The number of nitrogens with zero attached hydrogens (tertiary/aromatic N) is 5. The number of halogens is 2. The van der Waals surface area contributed by atoms with Crippen molar-refractivity contribution in [2.45, 2.75) is 44.1 Å². The minimum absolute atomic E-state index is 0.00791. The molecule has 0 radical (unpaired) electrons. The molecule has 2 N–H and O–H groups in total. The van der Waals surface area contributed by atoms with Gasteiger partial charge in [-0.05, 0) is 54.5 Å². The molecule has 5 rings (SSSR count). The molecule has 0 saturated carbocycles. The smallest absolute Gasteiger partial charge is 0.222 e. The molecular weight excluding hydrogens is 416 g/mol. The molecule has 32 heavy (non-hydrogen) atoms. The lowest BCUT2D eigenvalue weighted by molar-refractivity contribution is -0.130. The summed E-state index contributed by atoms with van der Waals surface area (Å²) in [6.45, 7) is 1.40. The zero-order chi connectivity index (χ0) is 22.1. The van der Waals surface area contributed by atoms with Crippen LogP contribution in [0, 0.1) is 11.6 Å². The van der Waals surface area contributed by atoms with Crippen molar-refractivity contribution in [1.29, 1.82) is 0 Å². The Balaban J connectivity index is 1.10. The summed E-state index contributed by atoms with van der Waals surface area (Å²) in [5.41, 5.74) is 3.40. The minimum atomic E-state index is -0.817. The highest BCUT2D eigenvalue weighted by atomic mass is 19.2. The summed E-state index contributed by atoms with van der Waals surface area (Å²) in [5, 5.41) is 13.8. The Labute approximate surface area is 183 Å². The fourth-order valence-electron chi connectivity index (χ4n) is 4.50. The summed E-state index contributed by atoms with van der Waals surface area (Å²) < 4.78 is 26.9. The van der Waals surface area contributed by atoms with E-state index >= 15 is 0 Å². The van der Waals surface area contributed by atoms with Gasteiger partial charge in [-0.3, -0.25) is 4.79 Å². The van der Waals surface area contributed by atoms with Crippen molar-refractivity contribution < 1.29 is 13.6 Å². The normalized spacial score (nSPS) is 18.2. The molecule has 1 saturated heterocycles. The van der Waals surface area contributed by atoms with Gasteiger partial charge in [0.25, 0.3) is 0 Å². The van der Waals surface area contributed by atoms with Gasteiger partial charge in [0.15, 0.2) is 11.6 Å². The zero-order valence-corrected chi connectivity index (χ0v) is 17.4. The van der Waals surface area contributed by atoms with Crippen LogP contribution in [0.2, 0.25) is 0 Å². The zero-order valence-electron chi connectivity index (χ0n) is 17.4. The molecule has 1 fully saturated rings. The van der Waals surface area contributed by atoms with Crippen LogP contribution in [0.1, 0.15) is 41.1 Å². The summed E-state index contributed by atoms with van der Waals surface area (Å²) in [6.07, 6.45) is 8.19. The quantitative estimate of drug-likeness (QED) is 0.612. The maximum absolute atomic E-state index is 13.4. The van der Waals surface area contributed by atoms with E-state index in [0.717, 1.165) is 35.3 Å². The van der Waals surface area contributed by atoms with Gasteiger partial charge in [-0.1, -0.05) is 0 Å². The molecule has 1 atom stereocenters. The molecular formula is C22H23F2N7O. The van der Waals surface area contributed by atoms with E-state index in [-0.39, 0.29) is 17.9 Å². The number of fused-ring (bicyclic) bond motifs is 1. The molecule has 1 amide bonds. The van der Waals surface area contributed by atoms with E-state index in [2.05, 4.69) is 30.7 Å². The van der Waals surface area contributed by atoms with Gasteiger partial charge >= 0.3 is 0 Å². The van der Waals surface area contributed by atoms with Crippen LogP contribution in [0.5, 0.6) is 0 Å². The fraction of sp³-hybridized carbons (Fsp3) is 0.409. The van der Waals surface area contributed by atoms with Gasteiger partial charge in [-0.25, -0.2) is 18.7 Å². The Morgan fingerprint density at radius 1 is 1.12 bits per heavy atom. The summed E-state index contributed by atoms with van der Waals surface area (Å²) in [6, 6.07) is 2.52. The first-order valence-electron chi connectivity index (χ1n) is 10.7. The first-order valence-corrected chi connectivity index (χ1v) is 10.7. The molecule has 3 aromatic rings. The Kier molecular flexibility index (Phi) is 5.50.